The average Bonchev–Trinajstić information content (AvgIpc) is 2.59. The fraction of sp³-hybridized carbons (Fsp3) is 0.250. The number of carboxylic acids is 1. The number of carbonyl (C=O) groups is 3. The molecule has 0 spiro atoms. The zero-order chi connectivity index (χ0) is 15.9. The molecule has 0 aliphatic carbocycles. The van der Waals surface area contributed by atoms with E-state index in [0.717, 1.165) is 23.1 Å². The van der Waals surface area contributed by atoms with E-state index in [-0.39, 0.29) is 11.3 Å². The summed E-state index contributed by atoms with van der Waals surface area (Å²) in [5.74, 6) is -4.19. The smallest absolute Gasteiger partial charge is 0.480 e. The second kappa shape index (κ2) is 4.76. The quantitative estimate of drug-likeness (QED) is 0.857. The van der Waals surface area contributed by atoms with Gasteiger partial charge in [-0.15, -0.1) is 13.2 Å². The maximum atomic E-state index is 12.1. The molecule has 0 bridgehead atoms. The topological polar surface area (TPSA) is 83.9 Å². The van der Waals surface area contributed by atoms with E-state index in [2.05, 4.69) is 4.74 Å². The molecule has 2 rings (SSSR count). The van der Waals surface area contributed by atoms with Gasteiger partial charge in [-0.05, 0) is 25.1 Å². The second-order valence-corrected chi connectivity index (χ2v) is 4.25. The summed E-state index contributed by atoms with van der Waals surface area (Å²) in [6.07, 6.45) is -4.94. The highest BCUT2D eigenvalue weighted by Crippen LogP contribution is 2.35. The lowest BCUT2D eigenvalue weighted by Gasteiger charge is -2.21. The van der Waals surface area contributed by atoms with Crippen molar-refractivity contribution in [1.82, 2.24) is 0 Å². The third-order valence-electron chi connectivity index (χ3n) is 2.86. The summed E-state index contributed by atoms with van der Waals surface area (Å²) in [6.45, 7) is 1.18. The Balaban J connectivity index is 2.44. The maximum Gasteiger partial charge on any atom is 0.573 e. The first-order valence-corrected chi connectivity index (χ1v) is 5.62. The van der Waals surface area contributed by atoms with Gasteiger partial charge in [-0.1, -0.05) is 0 Å². The number of carboxylic acid groups (broad SMARTS) is 1. The van der Waals surface area contributed by atoms with E-state index in [1.165, 1.54) is 6.92 Å². The first kappa shape index (κ1) is 14.8. The molecule has 1 aromatic rings. The van der Waals surface area contributed by atoms with Crippen molar-refractivity contribution < 1.29 is 37.4 Å². The van der Waals surface area contributed by atoms with Crippen LogP contribution in [-0.2, 0) is 9.59 Å². The highest BCUT2D eigenvalue weighted by molar-refractivity contribution is 6.52. The molecule has 1 aliphatic heterocycles. The largest absolute Gasteiger partial charge is 0.573 e. The number of Topliss-reactive ketones (excluding diaryl/α,β-unsaturated/α-hetero) is 1. The zero-order valence-electron chi connectivity index (χ0n) is 10.5. The molecule has 6 nitrogen and oxygen atoms in total. The number of fused-ring (bicyclic) bond motifs is 1. The van der Waals surface area contributed by atoms with Gasteiger partial charge in [0.15, 0.2) is 0 Å². The molecule has 21 heavy (non-hydrogen) atoms. The van der Waals surface area contributed by atoms with Crippen molar-refractivity contribution in [3.63, 3.8) is 0 Å². The van der Waals surface area contributed by atoms with E-state index in [1.807, 2.05) is 0 Å². The van der Waals surface area contributed by atoms with Crippen molar-refractivity contribution in [2.75, 3.05) is 4.90 Å². The predicted molar refractivity (Wildman–Crippen MR) is 62.0 cm³/mol. The number of ether oxygens (including phenoxy) is 1. The number of rotatable bonds is 3. The molecule has 1 amide bonds. The van der Waals surface area contributed by atoms with E-state index in [9.17, 15) is 27.6 Å². The third kappa shape index (κ3) is 2.67. The summed E-state index contributed by atoms with van der Waals surface area (Å²) in [5, 5.41) is 8.90. The molecule has 0 fully saturated rings. The Bertz CT molecular complexity index is 640. The molecule has 1 atom stereocenters. The Morgan fingerprint density at radius 2 is 1.95 bits per heavy atom. The summed E-state index contributed by atoms with van der Waals surface area (Å²) in [6, 6.07) is 1.38. The van der Waals surface area contributed by atoms with E-state index < -0.39 is 35.8 Å². The standard InChI is InChI=1S/C12H8F3NO5/c1-5(11(19)20)16-8-3-2-6(21-12(13,14)15)4-7(8)9(17)10(16)18/h2-5H,1H3,(H,19,20). The van der Waals surface area contributed by atoms with Crippen LogP contribution in [0.1, 0.15) is 17.3 Å². The SMILES string of the molecule is CC(C(=O)O)N1C(=O)C(=O)c2cc(OC(F)(F)F)ccc21. The van der Waals surface area contributed by atoms with Gasteiger partial charge in [-0.2, -0.15) is 0 Å². The Labute approximate surface area is 115 Å². The lowest BCUT2D eigenvalue weighted by Crippen LogP contribution is -2.42. The number of nitrogens with zero attached hydrogens (tertiary/aromatic N) is 1. The van der Waals surface area contributed by atoms with Crippen LogP contribution in [-0.4, -0.2) is 35.2 Å². The molecule has 9 heteroatoms. The number of amides is 1. The van der Waals surface area contributed by atoms with E-state index in [0.29, 0.717) is 0 Å². The summed E-state index contributed by atoms with van der Waals surface area (Å²) < 4.78 is 40.0. The molecule has 1 N–H and O–H groups in total. The Kier molecular flexibility index (Phi) is 3.36. The molecule has 1 aromatic carbocycles. The van der Waals surface area contributed by atoms with Crippen LogP contribution in [0.4, 0.5) is 18.9 Å². The highest BCUT2D eigenvalue weighted by Gasteiger charge is 2.41. The molecule has 0 aromatic heterocycles. The van der Waals surface area contributed by atoms with Gasteiger partial charge in [-0.25, -0.2) is 4.79 Å². The van der Waals surface area contributed by atoms with Gasteiger partial charge in [0.1, 0.15) is 11.8 Å². The maximum absolute atomic E-state index is 12.1. The van der Waals surface area contributed by atoms with E-state index >= 15 is 0 Å². The van der Waals surface area contributed by atoms with Crippen LogP contribution >= 0.6 is 0 Å². The molecular formula is C12H8F3NO5. The first-order valence-electron chi connectivity index (χ1n) is 5.62. The minimum atomic E-state index is -4.94. The van der Waals surface area contributed by atoms with Crippen molar-refractivity contribution in [1.29, 1.82) is 0 Å². The van der Waals surface area contributed by atoms with Crippen molar-refractivity contribution in [3.05, 3.63) is 23.8 Å². The Morgan fingerprint density at radius 3 is 2.48 bits per heavy atom. The molecule has 0 saturated carbocycles. The number of anilines is 1. The van der Waals surface area contributed by atoms with Crippen LogP contribution in [0.5, 0.6) is 5.75 Å². The average molecular weight is 303 g/mol. The van der Waals surface area contributed by atoms with Crippen molar-refractivity contribution in [3.8, 4) is 5.75 Å². The zero-order valence-corrected chi connectivity index (χ0v) is 10.5. The second-order valence-electron chi connectivity index (χ2n) is 4.25. The monoisotopic (exact) mass is 303 g/mol. The number of hydrogen-bond acceptors (Lipinski definition) is 4. The normalized spacial score (nSPS) is 15.9. The van der Waals surface area contributed by atoms with Crippen molar-refractivity contribution >= 4 is 23.3 Å². The van der Waals surface area contributed by atoms with Crippen LogP contribution < -0.4 is 9.64 Å². The van der Waals surface area contributed by atoms with Crippen molar-refractivity contribution in [2.45, 2.75) is 19.3 Å². The number of benzene rings is 1. The van der Waals surface area contributed by atoms with Gasteiger partial charge >= 0.3 is 12.3 Å². The molecule has 1 unspecified atom stereocenters. The van der Waals surface area contributed by atoms with Crippen molar-refractivity contribution in [2.24, 2.45) is 0 Å². The van der Waals surface area contributed by atoms with Gasteiger partial charge in [-0.3, -0.25) is 14.5 Å². The fourth-order valence-electron chi connectivity index (χ4n) is 1.93. The Morgan fingerprint density at radius 1 is 1.33 bits per heavy atom. The summed E-state index contributed by atoms with van der Waals surface area (Å²) >= 11 is 0. The van der Waals surface area contributed by atoms with Crippen LogP contribution in [0.3, 0.4) is 0 Å². The molecule has 0 radical (unpaired) electrons. The lowest BCUT2D eigenvalue weighted by molar-refractivity contribution is -0.274. The summed E-state index contributed by atoms with van der Waals surface area (Å²) in [5.41, 5.74) is -0.385. The van der Waals surface area contributed by atoms with Gasteiger partial charge in [0.2, 0.25) is 0 Å². The van der Waals surface area contributed by atoms with Crippen LogP contribution in [0.2, 0.25) is 0 Å². The highest BCUT2D eigenvalue weighted by atomic mass is 19.4. The number of aliphatic carboxylic acids is 1. The predicted octanol–water partition coefficient (Wildman–Crippen LogP) is 1.59. The van der Waals surface area contributed by atoms with Crippen LogP contribution in [0, 0.1) is 0 Å². The van der Waals surface area contributed by atoms with Gasteiger partial charge in [0.05, 0.1) is 11.3 Å². The minimum Gasteiger partial charge on any atom is -0.480 e. The van der Waals surface area contributed by atoms with Gasteiger partial charge in [0.25, 0.3) is 11.7 Å². The number of ketones is 1. The molecular weight excluding hydrogens is 295 g/mol. The third-order valence-corrected chi connectivity index (χ3v) is 2.86. The summed E-state index contributed by atoms with van der Waals surface area (Å²) in [7, 11) is 0. The number of alkyl halides is 3. The van der Waals surface area contributed by atoms with E-state index in [4.69, 9.17) is 5.11 Å². The minimum absolute atomic E-state index is 0.0607. The van der Waals surface area contributed by atoms with Gasteiger partial charge in [0, 0.05) is 0 Å². The van der Waals surface area contributed by atoms with Gasteiger partial charge < -0.3 is 9.84 Å². The molecule has 1 aliphatic rings. The van der Waals surface area contributed by atoms with E-state index in [1.54, 1.807) is 0 Å². The summed E-state index contributed by atoms with van der Waals surface area (Å²) in [4.78, 5) is 35.1. The fourth-order valence-corrected chi connectivity index (χ4v) is 1.93. The molecule has 0 saturated heterocycles. The number of carbonyl (C=O) groups excluding carboxylic acids is 2. The molecule has 112 valence electrons. The first-order chi connectivity index (χ1) is 9.61. The molecule has 1 heterocycles. The Hall–Kier alpha value is -2.58. The van der Waals surface area contributed by atoms with Crippen LogP contribution in [0.15, 0.2) is 18.2 Å². The van der Waals surface area contributed by atoms with Crippen LogP contribution in [0.25, 0.3) is 0 Å². The number of halogens is 3. The lowest BCUT2D eigenvalue weighted by atomic mass is 10.1. The number of hydrogen-bond donors (Lipinski definition) is 1.